The van der Waals surface area contributed by atoms with Crippen molar-refractivity contribution in [2.75, 3.05) is 18.5 Å². The van der Waals surface area contributed by atoms with Gasteiger partial charge in [-0.2, -0.15) is 5.10 Å². The summed E-state index contributed by atoms with van der Waals surface area (Å²) >= 11 is 6.44. The summed E-state index contributed by atoms with van der Waals surface area (Å²) in [4.78, 5) is 41.8. The summed E-state index contributed by atoms with van der Waals surface area (Å²) in [6.07, 6.45) is 6.92. The second-order valence-corrected chi connectivity index (χ2v) is 12.0. The number of carbonyl (C=O) groups is 2. The van der Waals surface area contributed by atoms with Crippen molar-refractivity contribution in [3.05, 3.63) is 81.5 Å². The van der Waals surface area contributed by atoms with Crippen molar-refractivity contribution in [3.8, 4) is 5.75 Å². The van der Waals surface area contributed by atoms with Crippen LogP contribution in [-0.4, -0.2) is 45.9 Å². The molecule has 3 aromatic rings. The average Bonchev–Trinajstić information content (AvgIpc) is 2.99. The Labute approximate surface area is 249 Å². The lowest BCUT2D eigenvalue weighted by atomic mass is 9.45. The van der Waals surface area contributed by atoms with Crippen molar-refractivity contribution < 1.29 is 19.1 Å². The Hall–Kier alpha value is -3.92. The van der Waals surface area contributed by atoms with Crippen LogP contribution in [0.1, 0.15) is 49.5 Å². The number of esters is 1. The van der Waals surface area contributed by atoms with E-state index in [0.717, 1.165) is 11.1 Å². The number of hydrogen-bond acceptors (Lipinski definition) is 8. The predicted octanol–water partition coefficient (Wildman–Crippen LogP) is 4.33. The van der Waals surface area contributed by atoms with Crippen LogP contribution in [0.25, 0.3) is 0 Å². The third-order valence-corrected chi connectivity index (χ3v) is 9.27. The number of ether oxygens (including phenoxy) is 2. The van der Waals surface area contributed by atoms with E-state index in [1.54, 1.807) is 36.5 Å². The number of fused-ring (bicyclic) bond motifs is 2. The number of nitrogens with one attached hydrogen (secondary N) is 2. The lowest BCUT2D eigenvalue weighted by Gasteiger charge is -2.62. The molecule has 222 valence electrons. The molecule has 42 heavy (non-hydrogen) atoms. The Morgan fingerprint density at radius 1 is 1.12 bits per heavy atom. The van der Waals surface area contributed by atoms with Crippen molar-refractivity contribution in [1.82, 2.24) is 20.1 Å². The zero-order valence-electron chi connectivity index (χ0n) is 24.0. The van der Waals surface area contributed by atoms with E-state index >= 15 is 0 Å². The van der Waals surface area contributed by atoms with Crippen LogP contribution in [0.2, 0.25) is 5.02 Å². The second kappa shape index (κ2) is 12.5. The second-order valence-electron chi connectivity index (χ2n) is 11.7. The van der Waals surface area contributed by atoms with Gasteiger partial charge in [0.05, 0.1) is 23.6 Å². The van der Waals surface area contributed by atoms with Gasteiger partial charge in [-0.15, -0.1) is 0 Å². The number of benzene rings is 1. The van der Waals surface area contributed by atoms with Gasteiger partial charge >= 0.3 is 5.97 Å². The van der Waals surface area contributed by atoms with Gasteiger partial charge < -0.3 is 20.1 Å². The molecule has 0 unspecified atom stereocenters. The standard InChI is InChI=1S/C31H36ClN5O5/c1-19-23-13-22(31(23,2)3)14-24(19)36-25-16-35-37(29(39)28(25)32)18-27(38)34-15-21-9-10-33-17-26(21)41-11-12-42-30(40)20-7-5-4-6-8-20/h4-10,16-17,19,22-24,36H,11-15,18H2,1-3H3,(H,34,38)/t19-,22+,23+,24+/m0/s1. The maximum absolute atomic E-state index is 12.9. The molecule has 3 aliphatic carbocycles. The highest BCUT2D eigenvalue weighted by atomic mass is 35.5. The van der Waals surface area contributed by atoms with Gasteiger partial charge in [0.25, 0.3) is 5.56 Å². The first kappa shape index (κ1) is 29.6. The summed E-state index contributed by atoms with van der Waals surface area (Å²) in [5.41, 5.74) is 1.47. The fourth-order valence-corrected chi connectivity index (χ4v) is 6.43. The quantitative estimate of drug-likeness (QED) is 0.249. The minimum atomic E-state index is -0.524. The first-order valence-corrected chi connectivity index (χ1v) is 14.6. The largest absolute Gasteiger partial charge is 0.488 e. The van der Waals surface area contributed by atoms with Crippen molar-refractivity contribution >= 4 is 29.2 Å². The third kappa shape index (κ3) is 6.28. The molecule has 2 aromatic heterocycles. The molecule has 3 aliphatic rings. The van der Waals surface area contributed by atoms with Gasteiger partial charge in [0.2, 0.25) is 5.91 Å². The SMILES string of the molecule is C[C@H]1[C@H]2C[C@H](C[C@H]1Nc1cnn(CC(=O)NCc3ccncc3OCCOC(=O)c3ccccc3)c(=O)c1Cl)C2(C)C. The van der Waals surface area contributed by atoms with Crippen LogP contribution in [0, 0.1) is 23.2 Å². The van der Waals surface area contributed by atoms with Crippen molar-refractivity contribution in [2.45, 2.75) is 52.7 Å². The summed E-state index contributed by atoms with van der Waals surface area (Å²) in [5, 5.41) is 10.5. The van der Waals surface area contributed by atoms with Gasteiger partial charge in [0.1, 0.15) is 30.5 Å². The van der Waals surface area contributed by atoms with Gasteiger partial charge in [-0.25, -0.2) is 9.48 Å². The number of rotatable bonds is 11. The Balaban J connectivity index is 1.11. The summed E-state index contributed by atoms with van der Waals surface area (Å²) in [6.45, 7) is 6.96. The lowest BCUT2D eigenvalue weighted by molar-refractivity contribution is -0.122. The Morgan fingerprint density at radius 3 is 2.64 bits per heavy atom. The number of carbonyl (C=O) groups excluding carboxylic acids is 2. The van der Waals surface area contributed by atoms with E-state index in [-0.39, 0.29) is 37.4 Å². The van der Waals surface area contributed by atoms with E-state index in [1.165, 1.54) is 18.8 Å². The Bertz CT molecular complexity index is 1490. The molecule has 0 saturated heterocycles. The van der Waals surface area contributed by atoms with Crippen LogP contribution < -0.4 is 20.9 Å². The van der Waals surface area contributed by atoms with Gasteiger partial charge in [-0.3, -0.25) is 14.6 Å². The first-order valence-electron chi connectivity index (χ1n) is 14.2. The van der Waals surface area contributed by atoms with Gasteiger partial charge in [0, 0.05) is 24.3 Å². The minimum Gasteiger partial charge on any atom is -0.488 e. The highest BCUT2D eigenvalue weighted by Gasteiger charge is 2.56. The number of pyridine rings is 1. The van der Waals surface area contributed by atoms with E-state index < -0.39 is 17.4 Å². The van der Waals surface area contributed by atoms with E-state index in [0.29, 0.717) is 45.7 Å². The highest BCUT2D eigenvalue weighted by molar-refractivity contribution is 6.32. The molecule has 0 aliphatic heterocycles. The number of amides is 1. The fraction of sp³-hybridized carbons (Fsp3) is 0.452. The first-order chi connectivity index (χ1) is 20.1. The molecule has 0 spiro atoms. The predicted molar refractivity (Wildman–Crippen MR) is 158 cm³/mol. The van der Waals surface area contributed by atoms with Crippen LogP contribution in [0.3, 0.4) is 0 Å². The molecule has 11 heteroatoms. The van der Waals surface area contributed by atoms with Gasteiger partial charge in [-0.1, -0.05) is 50.6 Å². The van der Waals surface area contributed by atoms with E-state index in [4.69, 9.17) is 21.1 Å². The molecule has 3 saturated carbocycles. The summed E-state index contributed by atoms with van der Waals surface area (Å²) in [7, 11) is 0. The van der Waals surface area contributed by atoms with Crippen molar-refractivity contribution in [2.24, 2.45) is 23.2 Å². The number of hydrogen-bond donors (Lipinski definition) is 2. The van der Waals surface area contributed by atoms with Crippen LogP contribution in [0.4, 0.5) is 5.69 Å². The van der Waals surface area contributed by atoms with Crippen LogP contribution in [-0.2, 0) is 22.6 Å². The summed E-state index contributed by atoms with van der Waals surface area (Å²) in [6, 6.07) is 10.6. The molecule has 1 aromatic carbocycles. The number of halogens is 1. The lowest BCUT2D eigenvalue weighted by Crippen LogP contribution is -2.58. The molecule has 6 rings (SSSR count). The number of nitrogens with zero attached hydrogens (tertiary/aromatic N) is 3. The van der Waals surface area contributed by atoms with Crippen LogP contribution in [0.15, 0.2) is 59.8 Å². The normalized spacial score (nSPS) is 22.0. The zero-order valence-corrected chi connectivity index (χ0v) is 24.8. The molecule has 2 N–H and O–H groups in total. The zero-order chi connectivity index (χ0) is 29.9. The molecule has 3 fully saturated rings. The molecule has 4 atom stereocenters. The molecule has 2 bridgehead atoms. The number of aromatic nitrogens is 3. The highest BCUT2D eigenvalue weighted by Crippen LogP contribution is 2.61. The maximum Gasteiger partial charge on any atom is 0.338 e. The van der Waals surface area contributed by atoms with Crippen molar-refractivity contribution in [3.63, 3.8) is 0 Å². The van der Waals surface area contributed by atoms with E-state index in [1.807, 2.05) is 6.07 Å². The molecule has 10 nitrogen and oxygen atoms in total. The summed E-state index contributed by atoms with van der Waals surface area (Å²) < 4.78 is 12.0. The fourth-order valence-electron chi connectivity index (χ4n) is 6.23. The molecular weight excluding hydrogens is 558 g/mol. The van der Waals surface area contributed by atoms with Crippen LogP contribution in [0.5, 0.6) is 5.75 Å². The Morgan fingerprint density at radius 2 is 1.90 bits per heavy atom. The van der Waals surface area contributed by atoms with E-state index in [9.17, 15) is 14.4 Å². The maximum atomic E-state index is 12.9. The molecular formula is C31H36ClN5O5. The third-order valence-electron chi connectivity index (χ3n) is 8.90. The Kier molecular flexibility index (Phi) is 8.82. The van der Waals surface area contributed by atoms with Gasteiger partial charge in [-0.05, 0) is 54.2 Å². The summed E-state index contributed by atoms with van der Waals surface area (Å²) in [5.74, 6) is 1.36. The number of anilines is 1. The molecule has 1 amide bonds. The topological polar surface area (TPSA) is 124 Å². The average molecular weight is 594 g/mol. The van der Waals surface area contributed by atoms with Crippen molar-refractivity contribution in [1.29, 1.82) is 0 Å². The monoisotopic (exact) mass is 593 g/mol. The van der Waals surface area contributed by atoms with E-state index in [2.05, 4.69) is 41.5 Å². The smallest absolute Gasteiger partial charge is 0.338 e. The minimum absolute atomic E-state index is 0.0290. The van der Waals surface area contributed by atoms with Gasteiger partial charge in [0.15, 0.2) is 0 Å². The van der Waals surface area contributed by atoms with Crippen LogP contribution >= 0.6 is 11.6 Å². The molecule has 2 heterocycles. The molecule has 0 radical (unpaired) electrons.